The van der Waals surface area contributed by atoms with E-state index in [1.165, 1.54) is 6.07 Å². The van der Waals surface area contributed by atoms with Gasteiger partial charge >= 0.3 is 0 Å². The molecule has 0 bridgehead atoms. The van der Waals surface area contributed by atoms with Gasteiger partial charge < -0.3 is 5.32 Å². The van der Waals surface area contributed by atoms with Crippen LogP contribution in [-0.2, 0) is 0 Å². The molecule has 16 heavy (non-hydrogen) atoms. The molecule has 0 aliphatic carbocycles. The van der Waals surface area contributed by atoms with Crippen LogP contribution in [0.1, 0.15) is 0 Å². The fourth-order valence-corrected chi connectivity index (χ4v) is 1.25. The van der Waals surface area contributed by atoms with Crippen LogP contribution in [0.4, 0.5) is 10.1 Å². The average Bonchev–Trinajstić information content (AvgIpc) is 2.30. The second kappa shape index (κ2) is 5.37. The van der Waals surface area contributed by atoms with Crippen LogP contribution in [0.25, 0.3) is 0 Å². The molecule has 1 N–H and O–H groups in total. The molecular formula is C10H4Cl2FN3. The summed E-state index contributed by atoms with van der Waals surface area (Å²) in [6, 6.07) is 5.79. The summed E-state index contributed by atoms with van der Waals surface area (Å²) in [6.45, 7) is 0. The summed E-state index contributed by atoms with van der Waals surface area (Å²) in [5, 5.41) is 19.3. The largest absolute Gasteiger partial charge is 0.359 e. The van der Waals surface area contributed by atoms with Crippen LogP contribution in [0.5, 0.6) is 0 Å². The lowest BCUT2D eigenvalue weighted by Crippen LogP contribution is -1.92. The van der Waals surface area contributed by atoms with E-state index in [9.17, 15) is 4.39 Å². The molecule has 0 radical (unpaired) electrons. The number of halogens is 3. The Balaban J connectivity index is 3.02. The van der Waals surface area contributed by atoms with Gasteiger partial charge in [-0.3, -0.25) is 0 Å². The Morgan fingerprint density at radius 3 is 2.44 bits per heavy atom. The van der Waals surface area contributed by atoms with E-state index in [1.54, 1.807) is 12.1 Å². The lowest BCUT2D eigenvalue weighted by atomic mass is 10.3. The average molecular weight is 256 g/mol. The number of allylic oxidation sites excluding steroid dienone is 1. The normalized spacial score (nSPS) is 8.81. The fraction of sp³-hybridized carbons (Fsp3) is 0. The van der Waals surface area contributed by atoms with Gasteiger partial charge in [-0.15, -0.1) is 0 Å². The second-order valence-electron chi connectivity index (χ2n) is 2.65. The number of hydrogen-bond acceptors (Lipinski definition) is 3. The van der Waals surface area contributed by atoms with Gasteiger partial charge in [0.15, 0.2) is 0 Å². The molecule has 0 amide bonds. The van der Waals surface area contributed by atoms with Gasteiger partial charge in [0.25, 0.3) is 0 Å². The second-order valence-corrected chi connectivity index (χ2v) is 3.40. The van der Waals surface area contributed by atoms with Crippen LogP contribution in [0, 0.1) is 28.5 Å². The predicted octanol–water partition coefficient (Wildman–Crippen LogP) is 3.48. The number of nitrogens with one attached hydrogen (secondary N) is 1. The van der Waals surface area contributed by atoms with Crippen molar-refractivity contribution in [3.63, 3.8) is 0 Å². The lowest BCUT2D eigenvalue weighted by molar-refractivity contribution is 0.628. The van der Waals surface area contributed by atoms with Crippen LogP contribution < -0.4 is 5.32 Å². The Labute approximate surface area is 101 Å². The molecule has 0 heterocycles. The minimum absolute atomic E-state index is 0.00635. The molecule has 1 rings (SSSR count). The molecule has 1 aromatic rings. The molecule has 80 valence electrons. The van der Waals surface area contributed by atoms with Gasteiger partial charge in [-0.2, -0.15) is 10.5 Å². The molecule has 0 saturated carbocycles. The summed E-state index contributed by atoms with van der Waals surface area (Å²) in [5.41, 5.74) is 0.188. The van der Waals surface area contributed by atoms with Crippen molar-refractivity contribution in [2.75, 3.05) is 5.32 Å². The summed E-state index contributed by atoms with van der Waals surface area (Å²) in [4.78, 5) is 0. The van der Waals surface area contributed by atoms with Gasteiger partial charge in [0.2, 0.25) is 0 Å². The highest BCUT2D eigenvalue weighted by atomic mass is 35.5. The molecule has 1 aromatic carbocycles. The highest BCUT2D eigenvalue weighted by molar-refractivity contribution is 6.43. The zero-order valence-corrected chi connectivity index (χ0v) is 9.27. The first-order chi connectivity index (χ1) is 7.60. The van der Waals surface area contributed by atoms with E-state index >= 15 is 0 Å². The molecule has 6 heteroatoms. The quantitative estimate of drug-likeness (QED) is 0.650. The summed E-state index contributed by atoms with van der Waals surface area (Å²) in [7, 11) is 0. The smallest absolute Gasteiger partial charge is 0.145 e. The van der Waals surface area contributed by atoms with E-state index in [0.717, 1.165) is 12.3 Å². The third-order valence-electron chi connectivity index (χ3n) is 1.65. The molecule has 0 unspecified atom stereocenters. The van der Waals surface area contributed by atoms with Crippen molar-refractivity contribution in [2.45, 2.75) is 0 Å². The lowest BCUT2D eigenvalue weighted by Gasteiger charge is -2.05. The Bertz CT molecular complexity index is 510. The van der Waals surface area contributed by atoms with Crippen molar-refractivity contribution in [1.82, 2.24) is 0 Å². The summed E-state index contributed by atoms with van der Waals surface area (Å²) < 4.78 is 12.9. The Morgan fingerprint density at radius 2 is 1.88 bits per heavy atom. The molecule has 0 saturated heterocycles. The highest BCUT2D eigenvalue weighted by Gasteiger charge is 2.08. The third-order valence-corrected chi connectivity index (χ3v) is 2.51. The molecule has 0 spiro atoms. The topological polar surface area (TPSA) is 59.6 Å². The van der Waals surface area contributed by atoms with Gasteiger partial charge in [-0.25, -0.2) is 4.39 Å². The molecule has 3 nitrogen and oxygen atoms in total. The van der Waals surface area contributed by atoms with E-state index in [1.807, 2.05) is 0 Å². The van der Waals surface area contributed by atoms with E-state index in [4.69, 9.17) is 33.7 Å². The predicted molar refractivity (Wildman–Crippen MR) is 59.4 cm³/mol. The maximum atomic E-state index is 12.9. The maximum Gasteiger partial charge on any atom is 0.145 e. The standard InChI is InChI=1S/C10H4Cl2FN3/c11-9-7(13)1-2-8(10(9)12)16-5-6(3-14)4-15/h1-2,5,16H. The molecular weight excluding hydrogens is 252 g/mol. The van der Waals surface area contributed by atoms with Gasteiger partial charge in [0, 0.05) is 6.20 Å². The number of benzene rings is 1. The molecule has 0 fully saturated rings. The SMILES string of the molecule is N#CC(C#N)=CNc1ccc(F)c(Cl)c1Cl. The van der Waals surface area contributed by atoms with E-state index in [0.29, 0.717) is 5.69 Å². The van der Waals surface area contributed by atoms with Crippen molar-refractivity contribution in [1.29, 1.82) is 10.5 Å². The summed E-state index contributed by atoms with van der Waals surface area (Å²) >= 11 is 11.3. The van der Waals surface area contributed by atoms with Gasteiger partial charge in [0.1, 0.15) is 23.5 Å². The van der Waals surface area contributed by atoms with Crippen molar-refractivity contribution >= 4 is 28.9 Å². The molecule has 0 aliphatic rings. The van der Waals surface area contributed by atoms with Crippen molar-refractivity contribution in [3.05, 3.63) is 39.8 Å². The monoisotopic (exact) mass is 255 g/mol. The maximum absolute atomic E-state index is 12.9. The number of nitrogens with zero attached hydrogens (tertiary/aromatic N) is 2. The first kappa shape index (κ1) is 12.3. The zero-order valence-electron chi connectivity index (χ0n) is 7.76. The van der Waals surface area contributed by atoms with Gasteiger partial charge in [0.05, 0.1) is 15.7 Å². The van der Waals surface area contributed by atoms with Crippen LogP contribution in [0.2, 0.25) is 10.0 Å². The minimum atomic E-state index is -0.637. The number of hydrogen-bond donors (Lipinski definition) is 1. The van der Waals surface area contributed by atoms with Gasteiger partial charge in [-0.1, -0.05) is 23.2 Å². The number of rotatable bonds is 2. The summed E-state index contributed by atoms with van der Waals surface area (Å²) in [5.74, 6) is -0.637. The van der Waals surface area contributed by atoms with E-state index in [-0.39, 0.29) is 15.6 Å². The fourth-order valence-electron chi connectivity index (χ4n) is 0.877. The highest BCUT2D eigenvalue weighted by Crippen LogP contribution is 2.32. The van der Waals surface area contributed by atoms with Crippen LogP contribution in [0.3, 0.4) is 0 Å². The first-order valence-electron chi connectivity index (χ1n) is 4.00. The van der Waals surface area contributed by atoms with Crippen molar-refractivity contribution in [2.24, 2.45) is 0 Å². The molecule has 0 aromatic heterocycles. The summed E-state index contributed by atoms with van der Waals surface area (Å²) in [6.07, 6.45) is 1.16. The van der Waals surface area contributed by atoms with E-state index < -0.39 is 5.82 Å². The number of anilines is 1. The Morgan fingerprint density at radius 1 is 1.25 bits per heavy atom. The van der Waals surface area contributed by atoms with Gasteiger partial charge in [-0.05, 0) is 12.1 Å². The number of nitriles is 2. The van der Waals surface area contributed by atoms with Crippen LogP contribution in [0.15, 0.2) is 23.9 Å². The van der Waals surface area contributed by atoms with Crippen molar-refractivity contribution < 1.29 is 4.39 Å². The zero-order chi connectivity index (χ0) is 12.1. The Kier molecular flexibility index (Phi) is 4.13. The minimum Gasteiger partial charge on any atom is -0.359 e. The van der Waals surface area contributed by atoms with Crippen LogP contribution in [-0.4, -0.2) is 0 Å². The first-order valence-corrected chi connectivity index (χ1v) is 4.76. The van der Waals surface area contributed by atoms with Crippen LogP contribution >= 0.6 is 23.2 Å². The van der Waals surface area contributed by atoms with E-state index in [2.05, 4.69) is 5.32 Å². The molecule has 0 aliphatic heterocycles. The van der Waals surface area contributed by atoms with Crippen molar-refractivity contribution in [3.8, 4) is 12.1 Å². The third kappa shape index (κ3) is 2.64. The Hall–Kier alpha value is -1.75. The molecule has 0 atom stereocenters.